The van der Waals surface area contributed by atoms with Crippen LogP contribution in [0.15, 0.2) is 41.5 Å². The number of carbonyl (C=O) groups excluding carboxylic acids is 1. The van der Waals surface area contributed by atoms with Gasteiger partial charge in [0.05, 0.1) is 22.8 Å². The molecule has 1 amide bonds. The van der Waals surface area contributed by atoms with Crippen LogP contribution in [0.3, 0.4) is 0 Å². The van der Waals surface area contributed by atoms with Crippen molar-refractivity contribution >= 4 is 40.4 Å². The molecule has 0 saturated carbocycles. The van der Waals surface area contributed by atoms with E-state index < -0.39 is 10.8 Å². The molecule has 9 heteroatoms. The van der Waals surface area contributed by atoms with Crippen molar-refractivity contribution in [3.63, 3.8) is 0 Å². The van der Waals surface area contributed by atoms with Crippen molar-refractivity contribution < 1.29 is 19.2 Å². The van der Waals surface area contributed by atoms with Crippen LogP contribution >= 0.6 is 22.6 Å². The summed E-state index contributed by atoms with van der Waals surface area (Å²) in [6.45, 7) is 0.0105. The smallest absolute Gasteiger partial charge is 0.282 e. The third kappa shape index (κ3) is 3.45. The predicted octanol–water partition coefficient (Wildman–Crippen LogP) is 2.69. The van der Waals surface area contributed by atoms with Crippen molar-refractivity contribution in [2.75, 3.05) is 6.79 Å². The molecule has 0 fully saturated rings. The van der Waals surface area contributed by atoms with Crippen molar-refractivity contribution in [1.29, 1.82) is 0 Å². The summed E-state index contributed by atoms with van der Waals surface area (Å²) in [6.07, 6.45) is 1.20. The fourth-order valence-corrected chi connectivity index (χ4v) is 2.39. The van der Waals surface area contributed by atoms with Crippen LogP contribution in [-0.2, 0) is 0 Å². The van der Waals surface area contributed by atoms with Gasteiger partial charge >= 0.3 is 0 Å². The lowest BCUT2D eigenvalue weighted by Gasteiger charge is -2.02. The average molecular weight is 439 g/mol. The van der Waals surface area contributed by atoms with Gasteiger partial charge in [-0.25, -0.2) is 5.43 Å². The first-order valence-electron chi connectivity index (χ1n) is 6.71. The minimum absolute atomic E-state index is 0.0105. The Bertz CT molecular complexity index is 836. The fourth-order valence-electron chi connectivity index (χ4n) is 2.03. The Morgan fingerprint density at radius 1 is 1.25 bits per heavy atom. The number of carbonyl (C=O) groups is 1. The third-order valence-corrected chi connectivity index (χ3v) is 3.91. The summed E-state index contributed by atoms with van der Waals surface area (Å²) in [4.78, 5) is 22.5. The monoisotopic (exact) mass is 439 g/mol. The van der Waals surface area contributed by atoms with Gasteiger partial charge in [0.15, 0.2) is 11.5 Å². The summed E-state index contributed by atoms with van der Waals surface area (Å²) < 4.78 is 11.3. The molecule has 0 aliphatic carbocycles. The van der Waals surface area contributed by atoms with Gasteiger partial charge in [0.25, 0.3) is 11.6 Å². The number of hydrogen-bond acceptors (Lipinski definition) is 6. The highest BCUT2D eigenvalue weighted by Gasteiger charge is 2.22. The maximum absolute atomic E-state index is 11.9. The number of hydrazone groups is 1. The molecule has 1 N–H and O–H groups in total. The summed E-state index contributed by atoms with van der Waals surface area (Å²) in [7, 11) is 0. The van der Waals surface area contributed by atoms with Crippen LogP contribution in [0.25, 0.3) is 0 Å². The van der Waals surface area contributed by atoms with Crippen LogP contribution in [0.4, 0.5) is 5.69 Å². The molecule has 0 atom stereocenters. The predicted molar refractivity (Wildman–Crippen MR) is 93.4 cm³/mol. The second-order valence-corrected chi connectivity index (χ2v) is 5.97. The molecule has 3 rings (SSSR count). The van der Waals surface area contributed by atoms with E-state index >= 15 is 0 Å². The van der Waals surface area contributed by atoms with E-state index in [1.807, 2.05) is 0 Å². The highest BCUT2D eigenvalue weighted by Crippen LogP contribution is 2.37. The quantitative estimate of drug-likeness (QED) is 0.342. The molecule has 0 spiro atoms. The zero-order chi connectivity index (χ0) is 17.1. The Kier molecular flexibility index (Phi) is 4.60. The highest BCUT2D eigenvalue weighted by atomic mass is 127. The Balaban J connectivity index is 1.78. The van der Waals surface area contributed by atoms with Crippen molar-refractivity contribution in [2.24, 2.45) is 5.10 Å². The summed E-state index contributed by atoms with van der Waals surface area (Å²) in [6, 6.07) is 9.63. The molecule has 2 aromatic carbocycles. The van der Waals surface area contributed by atoms with Crippen molar-refractivity contribution in [3.8, 4) is 11.5 Å². The van der Waals surface area contributed by atoms with Gasteiger partial charge in [-0.15, -0.1) is 0 Å². The molecule has 0 unspecified atom stereocenters. The Morgan fingerprint density at radius 3 is 2.58 bits per heavy atom. The lowest BCUT2D eigenvalue weighted by molar-refractivity contribution is -0.385. The molecule has 0 aromatic heterocycles. The van der Waals surface area contributed by atoms with Crippen molar-refractivity contribution in [1.82, 2.24) is 5.43 Å². The van der Waals surface area contributed by atoms with Gasteiger partial charge in [-0.3, -0.25) is 14.9 Å². The number of nitro benzene ring substituents is 1. The number of nitro groups is 1. The van der Waals surface area contributed by atoms with Gasteiger partial charge in [-0.2, -0.15) is 5.10 Å². The Hall–Kier alpha value is -2.69. The molecule has 2 aromatic rings. The van der Waals surface area contributed by atoms with Crippen molar-refractivity contribution in [3.05, 3.63) is 61.2 Å². The van der Waals surface area contributed by atoms with Crippen LogP contribution < -0.4 is 14.9 Å². The Morgan fingerprint density at radius 2 is 1.92 bits per heavy atom. The number of ether oxygens (including phenoxy) is 2. The third-order valence-electron chi connectivity index (χ3n) is 3.19. The first-order valence-corrected chi connectivity index (χ1v) is 7.79. The van der Waals surface area contributed by atoms with Crippen LogP contribution in [0, 0.1) is 13.7 Å². The van der Waals surface area contributed by atoms with E-state index in [0.29, 0.717) is 17.1 Å². The lowest BCUT2D eigenvalue weighted by atomic mass is 10.1. The largest absolute Gasteiger partial charge is 0.454 e. The molecule has 122 valence electrons. The number of nitrogens with one attached hydrogen (secondary N) is 1. The van der Waals surface area contributed by atoms with Crippen LogP contribution in [0.1, 0.15) is 15.9 Å². The zero-order valence-corrected chi connectivity index (χ0v) is 14.2. The van der Waals surface area contributed by atoms with E-state index in [-0.39, 0.29) is 18.0 Å². The summed E-state index contributed by atoms with van der Waals surface area (Å²) in [5.74, 6) is 0.291. The van der Waals surface area contributed by atoms with Gasteiger partial charge in [0, 0.05) is 9.13 Å². The number of halogens is 1. The topological polar surface area (TPSA) is 103 Å². The van der Waals surface area contributed by atoms with Crippen LogP contribution in [-0.4, -0.2) is 23.8 Å². The van der Waals surface area contributed by atoms with E-state index in [1.165, 1.54) is 18.3 Å². The highest BCUT2D eigenvalue weighted by molar-refractivity contribution is 14.1. The normalized spacial score (nSPS) is 12.4. The first kappa shape index (κ1) is 16.2. The van der Waals surface area contributed by atoms with E-state index in [1.54, 1.807) is 24.3 Å². The van der Waals surface area contributed by atoms with E-state index in [4.69, 9.17) is 9.47 Å². The summed E-state index contributed by atoms with van der Waals surface area (Å²) >= 11 is 2.13. The molecule has 0 bridgehead atoms. The zero-order valence-electron chi connectivity index (χ0n) is 12.1. The molecule has 8 nitrogen and oxygen atoms in total. The van der Waals surface area contributed by atoms with Gasteiger partial charge in [0.1, 0.15) is 0 Å². The number of benzene rings is 2. The fraction of sp³-hybridized carbons (Fsp3) is 0.0667. The standard InChI is InChI=1S/C15H10IN3O5/c16-11-3-1-9(2-4-11)15(20)18-17-7-10-5-13-14(24-8-23-13)6-12(10)19(21)22/h1-7H,8H2,(H,18,20)/b17-7+. The number of nitrogens with zero attached hydrogens (tertiary/aromatic N) is 2. The molecule has 24 heavy (non-hydrogen) atoms. The number of amides is 1. The second-order valence-electron chi connectivity index (χ2n) is 4.73. The van der Waals surface area contributed by atoms with E-state index in [0.717, 1.165) is 3.57 Å². The lowest BCUT2D eigenvalue weighted by Crippen LogP contribution is -2.17. The minimum atomic E-state index is -0.551. The summed E-state index contributed by atoms with van der Waals surface area (Å²) in [5, 5.41) is 14.9. The molecule has 1 aliphatic rings. The number of rotatable bonds is 4. The molecular weight excluding hydrogens is 429 g/mol. The molecule has 1 aliphatic heterocycles. The van der Waals surface area contributed by atoms with Gasteiger partial charge in [-0.05, 0) is 52.9 Å². The van der Waals surface area contributed by atoms with Gasteiger partial charge in [-0.1, -0.05) is 0 Å². The minimum Gasteiger partial charge on any atom is -0.454 e. The number of hydrogen-bond donors (Lipinski definition) is 1. The van der Waals surface area contributed by atoms with Crippen molar-refractivity contribution in [2.45, 2.75) is 0 Å². The SMILES string of the molecule is O=C(N/N=C/c1cc2c(cc1[N+](=O)[O-])OCO2)c1ccc(I)cc1. The molecule has 1 heterocycles. The maximum atomic E-state index is 11.9. The number of fused-ring (bicyclic) bond motifs is 1. The molecule has 0 radical (unpaired) electrons. The first-order chi connectivity index (χ1) is 11.5. The van der Waals surface area contributed by atoms with E-state index in [2.05, 4.69) is 33.1 Å². The van der Waals surface area contributed by atoms with Gasteiger partial charge < -0.3 is 9.47 Å². The van der Waals surface area contributed by atoms with E-state index in [9.17, 15) is 14.9 Å². The molecule has 0 saturated heterocycles. The Labute approximate surface area is 149 Å². The average Bonchev–Trinajstić information content (AvgIpc) is 3.01. The van der Waals surface area contributed by atoms with Crippen LogP contribution in [0.2, 0.25) is 0 Å². The molecular formula is C15H10IN3O5. The van der Waals surface area contributed by atoms with Gasteiger partial charge in [0.2, 0.25) is 6.79 Å². The summed E-state index contributed by atoms with van der Waals surface area (Å²) in [5.41, 5.74) is 2.78. The maximum Gasteiger partial charge on any atom is 0.282 e. The second kappa shape index (κ2) is 6.83. The van der Waals surface area contributed by atoms with Crippen LogP contribution in [0.5, 0.6) is 11.5 Å².